The van der Waals surface area contributed by atoms with E-state index in [2.05, 4.69) is 0 Å². The molecule has 0 aromatic carbocycles. The van der Waals surface area contributed by atoms with E-state index in [0.717, 1.165) is 0 Å². The molecule has 0 unspecified atom stereocenters. The van der Waals surface area contributed by atoms with Crippen molar-refractivity contribution < 1.29 is 9.18 Å². The SMILES string of the molecule is CC(C)(C)/C=C(\F)C=O. The van der Waals surface area contributed by atoms with E-state index in [1.165, 1.54) is 6.08 Å². The first-order valence-electron chi connectivity index (χ1n) is 2.79. The van der Waals surface area contributed by atoms with Gasteiger partial charge in [-0.2, -0.15) is 0 Å². The molecule has 0 bridgehead atoms. The first-order valence-corrected chi connectivity index (χ1v) is 2.79. The highest BCUT2D eigenvalue weighted by atomic mass is 19.1. The van der Waals surface area contributed by atoms with E-state index >= 15 is 0 Å². The Morgan fingerprint density at radius 1 is 1.44 bits per heavy atom. The van der Waals surface area contributed by atoms with Crippen LogP contribution in [0.1, 0.15) is 20.8 Å². The molecule has 0 atom stereocenters. The summed E-state index contributed by atoms with van der Waals surface area (Å²) in [5.41, 5.74) is -0.245. The zero-order chi connectivity index (χ0) is 7.49. The zero-order valence-corrected chi connectivity index (χ0v) is 5.94. The van der Waals surface area contributed by atoms with Crippen molar-refractivity contribution in [2.24, 2.45) is 5.41 Å². The van der Waals surface area contributed by atoms with E-state index in [0.29, 0.717) is 0 Å². The van der Waals surface area contributed by atoms with Crippen LogP contribution in [0.3, 0.4) is 0 Å². The molecule has 0 saturated heterocycles. The second-order valence-corrected chi connectivity index (χ2v) is 3.01. The second kappa shape index (κ2) is 2.76. The maximum absolute atomic E-state index is 12.1. The maximum atomic E-state index is 12.1. The third kappa shape index (κ3) is 5.21. The Bertz CT molecular complexity index is 130. The third-order valence-electron chi connectivity index (χ3n) is 0.683. The molecule has 0 heterocycles. The Labute approximate surface area is 54.6 Å². The number of carbonyl (C=O) groups excluding carboxylic acids is 1. The summed E-state index contributed by atoms with van der Waals surface area (Å²) in [6.45, 7) is 5.49. The standard InChI is InChI=1S/C7H11FO/c1-7(2,3)4-6(8)5-9/h4-5H,1-3H3/b6-4-. The smallest absolute Gasteiger partial charge is 0.178 e. The van der Waals surface area contributed by atoms with E-state index < -0.39 is 5.83 Å². The Balaban J connectivity index is 4.11. The second-order valence-electron chi connectivity index (χ2n) is 3.01. The minimum absolute atomic E-state index is 0.214. The molecule has 0 amide bonds. The van der Waals surface area contributed by atoms with Gasteiger partial charge < -0.3 is 0 Å². The lowest BCUT2D eigenvalue weighted by Crippen LogP contribution is -2.00. The molecule has 0 aliphatic heterocycles. The summed E-state index contributed by atoms with van der Waals surface area (Å²) < 4.78 is 12.1. The molecule has 0 rings (SSSR count). The lowest BCUT2D eigenvalue weighted by atomic mass is 9.96. The highest BCUT2D eigenvalue weighted by molar-refractivity contribution is 5.69. The van der Waals surface area contributed by atoms with Crippen molar-refractivity contribution in [1.29, 1.82) is 0 Å². The Morgan fingerprint density at radius 2 is 1.89 bits per heavy atom. The van der Waals surface area contributed by atoms with Gasteiger partial charge in [0.2, 0.25) is 0 Å². The van der Waals surface area contributed by atoms with Crippen LogP contribution in [0.15, 0.2) is 11.9 Å². The molecule has 52 valence electrons. The molecule has 0 fully saturated rings. The molecule has 0 aromatic rings. The van der Waals surface area contributed by atoms with Crippen molar-refractivity contribution in [2.75, 3.05) is 0 Å². The normalized spacial score (nSPS) is 13.6. The first-order chi connectivity index (χ1) is 3.95. The highest BCUT2D eigenvalue weighted by Crippen LogP contribution is 2.16. The quantitative estimate of drug-likeness (QED) is 0.392. The van der Waals surface area contributed by atoms with Crippen molar-refractivity contribution in [2.45, 2.75) is 20.8 Å². The number of aldehydes is 1. The van der Waals surface area contributed by atoms with Gasteiger partial charge in [-0.25, -0.2) is 4.39 Å². The van der Waals surface area contributed by atoms with Gasteiger partial charge in [0.15, 0.2) is 12.1 Å². The van der Waals surface area contributed by atoms with Crippen LogP contribution < -0.4 is 0 Å². The molecule has 2 heteroatoms. The number of hydrogen-bond acceptors (Lipinski definition) is 1. The molecule has 0 saturated carbocycles. The number of carbonyl (C=O) groups is 1. The van der Waals surface area contributed by atoms with Gasteiger partial charge >= 0.3 is 0 Å². The molecule has 9 heavy (non-hydrogen) atoms. The fraction of sp³-hybridized carbons (Fsp3) is 0.571. The Kier molecular flexibility index (Phi) is 2.56. The minimum atomic E-state index is -0.692. The lowest BCUT2D eigenvalue weighted by molar-refractivity contribution is -0.106. The Hall–Kier alpha value is -0.660. The van der Waals surface area contributed by atoms with Gasteiger partial charge in [-0.1, -0.05) is 20.8 Å². The van der Waals surface area contributed by atoms with E-state index in [1.807, 2.05) is 20.8 Å². The Morgan fingerprint density at radius 3 is 2.00 bits per heavy atom. The first kappa shape index (κ1) is 8.34. The van der Waals surface area contributed by atoms with Crippen molar-refractivity contribution in [3.05, 3.63) is 11.9 Å². The molecule has 0 aliphatic carbocycles. The molecule has 0 radical (unpaired) electrons. The molecule has 0 aromatic heterocycles. The zero-order valence-electron chi connectivity index (χ0n) is 5.94. The summed E-state index contributed by atoms with van der Waals surface area (Å²) in [4.78, 5) is 9.74. The largest absolute Gasteiger partial charge is 0.295 e. The van der Waals surface area contributed by atoms with Crippen LogP contribution in [0.4, 0.5) is 4.39 Å². The van der Waals surface area contributed by atoms with E-state index in [-0.39, 0.29) is 11.7 Å². The summed E-state index contributed by atoms with van der Waals surface area (Å²) in [6.07, 6.45) is 1.51. The van der Waals surface area contributed by atoms with Crippen molar-refractivity contribution in [1.82, 2.24) is 0 Å². The van der Waals surface area contributed by atoms with Crippen LogP contribution in [0, 0.1) is 5.41 Å². The summed E-state index contributed by atoms with van der Waals surface area (Å²) in [5, 5.41) is 0. The summed E-state index contributed by atoms with van der Waals surface area (Å²) in [7, 11) is 0. The van der Waals surface area contributed by atoms with Gasteiger partial charge in [0, 0.05) is 0 Å². The maximum Gasteiger partial charge on any atom is 0.178 e. The molecule has 0 aliphatic rings. The van der Waals surface area contributed by atoms with E-state index in [4.69, 9.17) is 0 Å². The molecule has 1 nitrogen and oxygen atoms in total. The van der Waals surface area contributed by atoms with Crippen LogP contribution in [0.2, 0.25) is 0 Å². The van der Waals surface area contributed by atoms with E-state index in [1.54, 1.807) is 0 Å². The fourth-order valence-corrected chi connectivity index (χ4v) is 0.448. The summed E-state index contributed by atoms with van der Waals surface area (Å²) in [5.74, 6) is -0.692. The average molecular weight is 130 g/mol. The lowest BCUT2D eigenvalue weighted by Gasteiger charge is -2.09. The molecule has 0 spiro atoms. The van der Waals surface area contributed by atoms with Crippen LogP contribution in [-0.2, 0) is 4.79 Å². The predicted molar refractivity (Wildman–Crippen MR) is 34.7 cm³/mol. The van der Waals surface area contributed by atoms with Gasteiger partial charge in [0.25, 0.3) is 0 Å². The highest BCUT2D eigenvalue weighted by Gasteiger charge is 2.06. The van der Waals surface area contributed by atoms with Gasteiger partial charge in [0.05, 0.1) is 0 Å². The number of hydrogen-bond donors (Lipinski definition) is 0. The van der Waals surface area contributed by atoms with Gasteiger partial charge in [-0.15, -0.1) is 0 Å². The van der Waals surface area contributed by atoms with Crippen LogP contribution in [-0.4, -0.2) is 6.29 Å². The van der Waals surface area contributed by atoms with Crippen LogP contribution in [0.25, 0.3) is 0 Å². The van der Waals surface area contributed by atoms with Crippen LogP contribution >= 0.6 is 0 Å². The van der Waals surface area contributed by atoms with Gasteiger partial charge in [0.1, 0.15) is 0 Å². The van der Waals surface area contributed by atoms with Crippen molar-refractivity contribution >= 4 is 6.29 Å². The monoisotopic (exact) mass is 130 g/mol. The summed E-state index contributed by atoms with van der Waals surface area (Å²) >= 11 is 0. The van der Waals surface area contributed by atoms with Gasteiger partial charge in [-0.05, 0) is 11.5 Å². The van der Waals surface area contributed by atoms with E-state index in [9.17, 15) is 9.18 Å². The van der Waals surface area contributed by atoms with Gasteiger partial charge in [-0.3, -0.25) is 4.79 Å². The third-order valence-corrected chi connectivity index (χ3v) is 0.683. The molecule has 0 N–H and O–H groups in total. The van der Waals surface area contributed by atoms with Crippen LogP contribution in [0.5, 0.6) is 0 Å². The molecular formula is C7H11FO. The fourth-order valence-electron chi connectivity index (χ4n) is 0.448. The topological polar surface area (TPSA) is 17.1 Å². The minimum Gasteiger partial charge on any atom is -0.295 e. The molecular weight excluding hydrogens is 119 g/mol. The summed E-state index contributed by atoms with van der Waals surface area (Å²) in [6, 6.07) is 0. The number of halogens is 1. The predicted octanol–water partition coefficient (Wildman–Crippen LogP) is 2.08. The average Bonchev–Trinajstić information content (AvgIpc) is 1.62. The number of rotatable bonds is 1. The van der Waals surface area contributed by atoms with Crippen molar-refractivity contribution in [3.8, 4) is 0 Å². The van der Waals surface area contributed by atoms with Crippen molar-refractivity contribution in [3.63, 3.8) is 0 Å². The number of allylic oxidation sites excluding steroid dienone is 2.